The standard InChI is InChI=1S/C29H35F2N7O2/c1-20(2)38-19-34-28(21-4-9-24(30)25(31)16-21)27(38)18-33-17-26(32-3)29(40)35-22-5-7-23(8-6-22)37-12-10-36(11-13-37)14-15-39/h4-9,16-17,19-20,33,39H,3,10-15,18H2,1-2H3,(H,35,40)/b26-17-. The van der Waals surface area contributed by atoms with E-state index in [2.05, 4.69) is 37.1 Å². The first kappa shape index (κ1) is 28.9. The molecule has 0 radical (unpaired) electrons. The quantitative estimate of drug-likeness (QED) is 0.248. The zero-order chi connectivity index (χ0) is 28.6. The van der Waals surface area contributed by atoms with Gasteiger partial charge >= 0.3 is 0 Å². The molecule has 0 bridgehead atoms. The zero-order valence-corrected chi connectivity index (χ0v) is 22.8. The van der Waals surface area contributed by atoms with E-state index in [-0.39, 0.29) is 24.9 Å². The summed E-state index contributed by atoms with van der Waals surface area (Å²) in [4.78, 5) is 25.7. The molecule has 4 rings (SSSR count). The second-order valence-corrected chi connectivity index (χ2v) is 9.79. The molecule has 9 nitrogen and oxygen atoms in total. The monoisotopic (exact) mass is 551 g/mol. The number of carbonyl (C=O) groups is 1. The molecular formula is C29H35F2N7O2. The average molecular weight is 552 g/mol. The van der Waals surface area contributed by atoms with E-state index < -0.39 is 17.5 Å². The van der Waals surface area contributed by atoms with Gasteiger partial charge in [-0.3, -0.25) is 14.7 Å². The third kappa shape index (κ3) is 6.91. The normalized spacial score (nSPS) is 14.4. The van der Waals surface area contributed by atoms with Crippen molar-refractivity contribution in [3.8, 4) is 11.3 Å². The van der Waals surface area contributed by atoms with Crippen molar-refractivity contribution in [3.63, 3.8) is 0 Å². The number of piperazine rings is 1. The van der Waals surface area contributed by atoms with Crippen molar-refractivity contribution in [2.24, 2.45) is 4.99 Å². The molecule has 0 atom stereocenters. The number of rotatable bonds is 11. The minimum atomic E-state index is -0.945. The summed E-state index contributed by atoms with van der Waals surface area (Å²) in [7, 11) is 0. The molecule has 0 saturated carbocycles. The van der Waals surface area contributed by atoms with Crippen LogP contribution in [0.3, 0.4) is 0 Å². The van der Waals surface area contributed by atoms with Crippen molar-refractivity contribution in [1.29, 1.82) is 0 Å². The molecule has 1 aromatic heterocycles. The van der Waals surface area contributed by atoms with Crippen molar-refractivity contribution in [1.82, 2.24) is 19.8 Å². The van der Waals surface area contributed by atoms with Gasteiger partial charge in [-0.15, -0.1) is 0 Å². The molecule has 1 aliphatic rings. The van der Waals surface area contributed by atoms with Crippen molar-refractivity contribution < 1.29 is 18.7 Å². The van der Waals surface area contributed by atoms with Crippen LogP contribution in [0.15, 0.2) is 65.7 Å². The highest BCUT2D eigenvalue weighted by Crippen LogP contribution is 2.26. The van der Waals surface area contributed by atoms with E-state index in [0.717, 1.165) is 49.7 Å². The lowest BCUT2D eigenvalue weighted by Gasteiger charge is -2.35. The molecule has 3 N–H and O–H groups in total. The molecule has 1 saturated heterocycles. The Morgan fingerprint density at radius 2 is 1.85 bits per heavy atom. The van der Waals surface area contributed by atoms with Gasteiger partial charge in [-0.05, 0) is 63.0 Å². The summed E-state index contributed by atoms with van der Waals surface area (Å²) >= 11 is 0. The molecule has 0 unspecified atom stereocenters. The molecule has 0 spiro atoms. The Bertz CT molecular complexity index is 1350. The number of nitrogens with one attached hydrogen (secondary N) is 2. The maximum Gasteiger partial charge on any atom is 0.275 e. The Morgan fingerprint density at radius 3 is 2.48 bits per heavy atom. The van der Waals surface area contributed by atoms with Crippen molar-refractivity contribution in [2.75, 3.05) is 49.5 Å². The van der Waals surface area contributed by atoms with E-state index in [1.165, 1.54) is 12.3 Å². The summed E-state index contributed by atoms with van der Waals surface area (Å²) in [5.41, 5.74) is 3.50. The van der Waals surface area contributed by atoms with Crippen LogP contribution in [0.25, 0.3) is 11.3 Å². The van der Waals surface area contributed by atoms with Crippen molar-refractivity contribution in [3.05, 3.63) is 78.0 Å². The summed E-state index contributed by atoms with van der Waals surface area (Å²) in [5.74, 6) is -2.29. The summed E-state index contributed by atoms with van der Waals surface area (Å²) in [6.45, 7) is 12.2. The van der Waals surface area contributed by atoms with Crippen LogP contribution in [0, 0.1) is 11.6 Å². The number of aromatic nitrogens is 2. The molecule has 0 aliphatic carbocycles. The Kier molecular flexibility index (Phi) is 9.62. The number of benzene rings is 2. The van der Waals surface area contributed by atoms with Crippen LogP contribution in [0.4, 0.5) is 20.2 Å². The number of aliphatic imine (C=N–C) groups is 1. The first-order valence-electron chi connectivity index (χ1n) is 13.2. The number of amides is 1. The first-order chi connectivity index (χ1) is 19.3. The predicted molar refractivity (Wildman–Crippen MR) is 153 cm³/mol. The number of hydrogen-bond donors (Lipinski definition) is 3. The second kappa shape index (κ2) is 13.3. The lowest BCUT2D eigenvalue weighted by Crippen LogP contribution is -2.47. The van der Waals surface area contributed by atoms with E-state index in [1.807, 2.05) is 42.7 Å². The lowest BCUT2D eigenvalue weighted by atomic mass is 10.1. The van der Waals surface area contributed by atoms with Gasteiger partial charge in [0.25, 0.3) is 5.91 Å². The van der Waals surface area contributed by atoms with Gasteiger partial charge in [-0.2, -0.15) is 0 Å². The number of halogens is 2. The highest BCUT2D eigenvalue weighted by molar-refractivity contribution is 6.03. The molecule has 212 valence electrons. The third-order valence-corrected chi connectivity index (χ3v) is 6.84. The lowest BCUT2D eigenvalue weighted by molar-refractivity contribution is -0.112. The van der Waals surface area contributed by atoms with Gasteiger partial charge in [0.05, 0.1) is 30.9 Å². The fourth-order valence-corrected chi connectivity index (χ4v) is 4.64. The second-order valence-electron chi connectivity index (χ2n) is 9.79. The van der Waals surface area contributed by atoms with Crippen molar-refractivity contribution >= 4 is 24.0 Å². The first-order valence-corrected chi connectivity index (χ1v) is 13.2. The van der Waals surface area contributed by atoms with E-state index in [1.54, 1.807) is 6.33 Å². The van der Waals surface area contributed by atoms with E-state index >= 15 is 0 Å². The number of imidazole rings is 1. The Labute approximate surface area is 232 Å². The number of nitrogens with zero attached hydrogens (tertiary/aromatic N) is 5. The van der Waals surface area contributed by atoms with Crippen LogP contribution in [0.5, 0.6) is 0 Å². The largest absolute Gasteiger partial charge is 0.395 e. The van der Waals surface area contributed by atoms with E-state index in [9.17, 15) is 13.6 Å². The molecular weight excluding hydrogens is 516 g/mol. The van der Waals surface area contributed by atoms with Crippen LogP contribution >= 0.6 is 0 Å². The smallest absolute Gasteiger partial charge is 0.275 e. The Morgan fingerprint density at radius 1 is 1.12 bits per heavy atom. The SMILES string of the molecule is C=N/C(=C\NCc1c(-c2ccc(F)c(F)c2)ncn1C(C)C)C(=O)Nc1ccc(N2CCN(CCO)CC2)cc1. The van der Waals surface area contributed by atoms with E-state index in [0.29, 0.717) is 23.5 Å². The average Bonchev–Trinajstić information content (AvgIpc) is 3.38. The minimum Gasteiger partial charge on any atom is -0.395 e. The number of β-amino-alcohol motifs (C(OH)–C–C–N with tert-alkyl or cyclic N) is 1. The fraction of sp³-hybridized carbons (Fsp3) is 0.345. The predicted octanol–water partition coefficient (Wildman–Crippen LogP) is 3.79. The van der Waals surface area contributed by atoms with E-state index in [4.69, 9.17) is 5.11 Å². The summed E-state index contributed by atoms with van der Waals surface area (Å²) in [5, 5.41) is 15.0. The van der Waals surface area contributed by atoms with Crippen LogP contribution in [0.1, 0.15) is 25.6 Å². The molecule has 1 aliphatic heterocycles. The molecule has 2 heterocycles. The van der Waals surface area contributed by atoms with Gasteiger partial charge in [-0.1, -0.05) is 0 Å². The molecule has 1 amide bonds. The Hall–Kier alpha value is -4.09. The van der Waals surface area contributed by atoms with Gasteiger partial charge in [0.1, 0.15) is 5.70 Å². The van der Waals surface area contributed by atoms with Gasteiger partial charge in [0, 0.05) is 61.9 Å². The van der Waals surface area contributed by atoms with Gasteiger partial charge < -0.3 is 25.2 Å². The Balaban J connectivity index is 1.39. The maximum atomic E-state index is 13.9. The van der Waals surface area contributed by atoms with Crippen molar-refractivity contribution in [2.45, 2.75) is 26.4 Å². The number of hydrogen-bond acceptors (Lipinski definition) is 7. The highest BCUT2D eigenvalue weighted by atomic mass is 19.2. The van der Waals surface area contributed by atoms with Gasteiger partial charge in [-0.25, -0.2) is 13.8 Å². The third-order valence-electron chi connectivity index (χ3n) is 6.84. The van der Waals surface area contributed by atoms with Crippen LogP contribution in [0.2, 0.25) is 0 Å². The van der Waals surface area contributed by atoms with Crippen LogP contribution in [-0.2, 0) is 11.3 Å². The molecule has 1 fully saturated rings. The van der Waals surface area contributed by atoms with Gasteiger partial charge in [0.15, 0.2) is 11.6 Å². The molecule has 40 heavy (non-hydrogen) atoms. The minimum absolute atomic E-state index is 0.0695. The summed E-state index contributed by atoms with van der Waals surface area (Å²) in [6, 6.07) is 11.4. The topological polar surface area (TPSA) is 98.0 Å². The number of carbonyl (C=O) groups excluding carboxylic acids is 1. The molecule has 2 aromatic carbocycles. The number of aliphatic hydroxyl groups is 1. The fourth-order valence-electron chi connectivity index (χ4n) is 4.64. The van der Waals surface area contributed by atoms with Gasteiger partial charge in [0.2, 0.25) is 0 Å². The maximum absolute atomic E-state index is 13.9. The number of aliphatic hydroxyl groups excluding tert-OH is 1. The molecule has 11 heteroatoms. The van der Waals surface area contributed by atoms with Crippen LogP contribution < -0.4 is 15.5 Å². The molecule has 3 aromatic rings. The highest BCUT2D eigenvalue weighted by Gasteiger charge is 2.18. The van der Waals surface area contributed by atoms with Crippen LogP contribution in [-0.4, -0.2) is 71.5 Å². The summed E-state index contributed by atoms with van der Waals surface area (Å²) in [6.07, 6.45) is 3.12. The number of anilines is 2. The summed E-state index contributed by atoms with van der Waals surface area (Å²) < 4.78 is 29.3. The zero-order valence-electron chi connectivity index (χ0n) is 22.8.